The fraction of sp³-hybridized carbons (Fsp3) is 0.333. The molecule has 0 spiro atoms. The lowest BCUT2D eigenvalue weighted by molar-refractivity contribution is 0.182. The van der Waals surface area contributed by atoms with E-state index in [1.165, 1.54) is 0 Å². The highest BCUT2D eigenvalue weighted by molar-refractivity contribution is 5.19. The maximum absolute atomic E-state index is 9.39. The maximum atomic E-state index is 9.39. The minimum atomic E-state index is -0.584. The first kappa shape index (κ1) is 7.90. The quantitative estimate of drug-likeness (QED) is 0.650. The predicted molar refractivity (Wildman–Crippen MR) is 41.9 cm³/mol. The van der Waals surface area contributed by atoms with E-state index < -0.39 is 6.10 Å². The molecule has 0 aromatic carbocycles. The second kappa shape index (κ2) is 3.27. The van der Waals surface area contributed by atoms with Crippen LogP contribution in [0.3, 0.4) is 0 Å². The number of aliphatic hydroxyl groups is 1. The van der Waals surface area contributed by atoms with Crippen molar-refractivity contribution >= 4 is 0 Å². The Hall–Kier alpha value is -1.20. The molecular weight excluding hydrogens is 140 g/mol. The zero-order chi connectivity index (χ0) is 8.27. The summed E-state index contributed by atoms with van der Waals surface area (Å²) in [6, 6.07) is 1.73. The molecule has 1 unspecified atom stereocenters. The van der Waals surface area contributed by atoms with Gasteiger partial charge >= 0.3 is 0 Å². The average molecular weight is 150 g/mol. The van der Waals surface area contributed by atoms with Crippen LogP contribution in [0.15, 0.2) is 16.7 Å². The number of aliphatic hydroxyl groups excluding tert-OH is 1. The van der Waals surface area contributed by atoms with Gasteiger partial charge in [-0.15, -0.1) is 12.3 Å². The number of hydrogen-bond donors (Lipinski definition) is 1. The summed E-state index contributed by atoms with van der Waals surface area (Å²) < 4.78 is 5.00. The molecule has 1 rings (SSSR count). The standard InChI is InChI=1S/C9H10O2/c1-3-4-9(10)8-5-6-11-7(8)2/h1,5-6,9-10H,4H2,2H3. The number of aryl methyl sites for hydroxylation is 1. The zero-order valence-electron chi connectivity index (χ0n) is 6.37. The van der Waals surface area contributed by atoms with Crippen molar-refractivity contribution in [2.24, 2.45) is 0 Å². The average Bonchev–Trinajstić information content (AvgIpc) is 2.36. The topological polar surface area (TPSA) is 33.4 Å². The normalized spacial score (nSPS) is 12.5. The summed E-state index contributed by atoms with van der Waals surface area (Å²) in [6.45, 7) is 1.80. The number of hydrogen-bond acceptors (Lipinski definition) is 2. The maximum Gasteiger partial charge on any atom is 0.106 e. The van der Waals surface area contributed by atoms with Crippen LogP contribution in [-0.2, 0) is 0 Å². The van der Waals surface area contributed by atoms with Gasteiger partial charge in [-0.2, -0.15) is 0 Å². The van der Waals surface area contributed by atoms with Gasteiger partial charge in [0.1, 0.15) is 5.76 Å². The first-order chi connectivity index (χ1) is 5.25. The largest absolute Gasteiger partial charge is 0.469 e. The molecule has 0 bridgehead atoms. The first-order valence-corrected chi connectivity index (χ1v) is 3.41. The van der Waals surface area contributed by atoms with Gasteiger partial charge in [-0.3, -0.25) is 0 Å². The Morgan fingerprint density at radius 1 is 1.82 bits per heavy atom. The minimum Gasteiger partial charge on any atom is -0.469 e. The van der Waals surface area contributed by atoms with E-state index in [0.29, 0.717) is 6.42 Å². The van der Waals surface area contributed by atoms with Crippen molar-refractivity contribution in [3.05, 3.63) is 23.7 Å². The molecule has 0 saturated heterocycles. The van der Waals surface area contributed by atoms with E-state index in [4.69, 9.17) is 10.8 Å². The SMILES string of the molecule is C#CCC(O)c1ccoc1C. The van der Waals surface area contributed by atoms with Crippen LogP contribution in [0.4, 0.5) is 0 Å². The van der Waals surface area contributed by atoms with Crippen molar-refractivity contribution in [2.45, 2.75) is 19.4 Å². The summed E-state index contributed by atoms with van der Waals surface area (Å²) >= 11 is 0. The van der Waals surface area contributed by atoms with Crippen molar-refractivity contribution in [3.8, 4) is 12.3 Å². The Morgan fingerprint density at radius 2 is 2.55 bits per heavy atom. The van der Waals surface area contributed by atoms with Crippen molar-refractivity contribution < 1.29 is 9.52 Å². The summed E-state index contributed by atoms with van der Waals surface area (Å²) in [6.07, 6.45) is 6.34. The third kappa shape index (κ3) is 1.63. The van der Waals surface area contributed by atoms with Crippen LogP contribution in [0, 0.1) is 19.3 Å². The summed E-state index contributed by atoms with van der Waals surface area (Å²) in [5, 5.41) is 9.39. The Bertz CT molecular complexity index is 267. The summed E-state index contributed by atoms with van der Waals surface area (Å²) in [5.74, 6) is 3.12. The van der Waals surface area contributed by atoms with Gasteiger partial charge < -0.3 is 9.52 Å². The van der Waals surface area contributed by atoms with E-state index in [1.807, 2.05) is 0 Å². The lowest BCUT2D eigenvalue weighted by atomic mass is 10.1. The molecule has 1 heterocycles. The monoisotopic (exact) mass is 150 g/mol. The van der Waals surface area contributed by atoms with Crippen LogP contribution in [0.1, 0.15) is 23.8 Å². The third-order valence-electron chi connectivity index (χ3n) is 1.57. The lowest BCUT2D eigenvalue weighted by Crippen LogP contribution is -1.95. The molecule has 0 aliphatic heterocycles. The van der Waals surface area contributed by atoms with Crippen LogP contribution in [0.25, 0.3) is 0 Å². The third-order valence-corrected chi connectivity index (χ3v) is 1.57. The summed E-state index contributed by atoms with van der Waals surface area (Å²) in [5.41, 5.74) is 0.781. The molecule has 2 nitrogen and oxygen atoms in total. The smallest absolute Gasteiger partial charge is 0.106 e. The Morgan fingerprint density at radius 3 is 3.00 bits per heavy atom. The predicted octanol–water partition coefficient (Wildman–Crippen LogP) is 1.64. The van der Waals surface area contributed by atoms with Crippen LogP contribution in [-0.4, -0.2) is 5.11 Å². The lowest BCUT2D eigenvalue weighted by Gasteiger charge is -2.03. The molecule has 1 atom stereocenters. The van der Waals surface area contributed by atoms with Crippen molar-refractivity contribution in [1.82, 2.24) is 0 Å². The van der Waals surface area contributed by atoms with Gasteiger partial charge in [0.25, 0.3) is 0 Å². The molecule has 0 aliphatic carbocycles. The molecule has 1 aromatic rings. The molecule has 1 N–H and O–H groups in total. The van der Waals surface area contributed by atoms with Crippen molar-refractivity contribution in [1.29, 1.82) is 0 Å². The van der Waals surface area contributed by atoms with E-state index in [-0.39, 0.29) is 0 Å². The van der Waals surface area contributed by atoms with E-state index in [2.05, 4.69) is 5.92 Å². The molecule has 0 fully saturated rings. The van der Waals surface area contributed by atoms with E-state index in [1.54, 1.807) is 19.3 Å². The van der Waals surface area contributed by atoms with Crippen LogP contribution in [0.5, 0.6) is 0 Å². The van der Waals surface area contributed by atoms with Crippen LogP contribution in [0.2, 0.25) is 0 Å². The minimum absolute atomic E-state index is 0.334. The zero-order valence-corrected chi connectivity index (χ0v) is 6.37. The number of furan rings is 1. The van der Waals surface area contributed by atoms with E-state index in [0.717, 1.165) is 11.3 Å². The molecule has 0 aliphatic rings. The second-order valence-corrected chi connectivity index (χ2v) is 2.36. The molecule has 58 valence electrons. The van der Waals surface area contributed by atoms with Gasteiger partial charge in [0, 0.05) is 12.0 Å². The van der Waals surface area contributed by atoms with Crippen molar-refractivity contribution in [2.75, 3.05) is 0 Å². The first-order valence-electron chi connectivity index (χ1n) is 3.41. The van der Waals surface area contributed by atoms with Gasteiger partial charge in [0.2, 0.25) is 0 Å². The second-order valence-electron chi connectivity index (χ2n) is 2.36. The highest BCUT2D eigenvalue weighted by Crippen LogP contribution is 2.20. The molecule has 0 radical (unpaired) electrons. The van der Waals surface area contributed by atoms with E-state index >= 15 is 0 Å². The van der Waals surface area contributed by atoms with Gasteiger partial charge in [0.15, 0.2) is 0 Å². The molecular formula is C9H10O2. The van der Waals surface area contributed by atoms with Crippen LogP contribution < -0.4 is 0 Å². The summed E-state index contributed by atoms with van der Waals surface area (Å²) in [4.78, 5) is 0. The van der Waals surface area contributed by atoms with E-state index in [9.17, 15) is 5.11 Å². The number of terminal acetylenes is 1. The summed E-state index contributed by atoms with van der Waals surface area (Å²) in [7, 11) is 0. The fourth-order valence-electron chi connectivity index (χ4n) is 0.962. The Labute approximate surface area is 65.8 Å². The molecule has 0 saturated carbocycles. The Kier molecular flexibility index (Phi) is 2.35. The molecule has 1 aromatic heterocycles. The van der Waals surface area contributed by atoms with Gasteiger partial charge in [-0.1, -0.05) is 0 Å². The molecule has 2 heteroatoms. The highest BCUT2D eigenvalue weighted by Gasteiger charge is 2.10. The Balaban J connectivity index is 2.77. The van der Waals surface area contributed by atoms with Gasteiger partial charge in [0.05, 0.1) is 12.4 Å². The molecule has 11 heavy (non-hydrogen) atoms. The van der Waals surface area contributed by atoms with Crippen LogP contribution >= 0.6 is 0 Å². The van der Waals surface area contributed by atoms with Gasteiger partial charge in [-0.05, 0) is 13.0 Å². The molecule has 0 amide bonds. The fourth-order valence-corrected chi connectivity index (χ4v) is 0.962. The van der Waals surface area contributed by atoms with Gasteiger partial charge in [-0.25, -0.2) is 0 Å². The van der Waals surface area contributed by atoms with Crippen molar-refractivity contribution in [3.63, 3.8) is 0 Å². The number of rotatable bonds is 2. The highest BCUT2D eigenvalue weighted by atomic mass is 16.3.